The number of aromatic nitrogens is 1. The second kappa shape index (κ2) is 3.58. The van der Waals surface area contributed by atoms with E-state index in [9.17, 15) is 0 Å². The lowest BCUT2D eigenvalue weighted by Crippen LogP contribution is -1.82. The highest BCUT2D eigenvalue weighted by Crippen LogP contribution is 2.21. The predicted octanol–water partition coefficient (Wildman–Crippen LogP) is 2.82. The lowest BCUT2D eigenvalue weighted by molar-refractivity contribution is 0.415. The Morgan fingerprint density at radius 3 is 2.69 bits per heavy atom. The molecule has 0 aliphatic rings. The van der Waals surface area contributed by atoms with Gasteiger partial charge in [0, 0.05) is 10.9 Å². The van der Waals surface area contributed by atoms with Gasteiger partial charge in [-0.05, 0) is 24.3 Å². The van der Waals surface area contributed by atoms with Gasteiger partial charge in [-0.15, -0.1) is 11.3 Å². The van der Waals surface area contributed by atoms with Crippen molar-refractivity contribution in [2.24, 2.45) is 0 Å². The van der Waals surface area contributed by atoms with Crippen molar-refractivity contribution in [3.63, 3.8) is 0 Å². The topological polar surface area (TPSA) is 22.1 Å². The first kappa shape index (κ1) is 7.09. The Kier molecular flexibility index (Phi) is 1.95. The molecule has 0 radical (unpaired) electrons. The summed E-state index contributed by atoms with van der Waals surface area (Å²) in [6.07, 6.45) is 0. The molecule has 0 amide bonds. The Morgan fingerprint density at radius 2 is 2.15 bits per heavy atom. The molecule has 1 aromatic heterocycles. The maximum atomic E-state index is 7.33. The molecule has 2 nitrogen and oxygen atoms in total. The molecule has 1 heterocycles. The Hall–Kier alpha value is -1.35. The maximum absolute atomic E-state index is 7.33. The van der Waals surface area contributed by atoms with Crippen LogP contribution in [0, 0.1) is 0 Å². The third kappa shape index (κ3) is 1.70. The van der Waals surface area contributed by atoms with Gasteiger partial charge in [0.15, 0.2) is 0 Å². The van der Waals surface area contributed by atoms with Crippen molar-refractivity contribution in [2.45, 2.75) is 0 Å². The quantitative estimate of drug-likeness (QED) is 0.730. The summed E-state index contributed by atoms with van der Waals surface area (Å²) < 4.78 is 12.4. The fraction of sp³-hybridized carbons (Fsp3) is 0.100. The van der Waals surface area contributed by atoms with Gasteiger partial charge in [-0.3, -0.25) is 0 Å². The van der Waals surface area contributed by atoms with Crippen LogP contribution >= 0.6 is 11.3 Å². The fourth-order valence-electron chi connectivity index (χ4n) is 1.08. The summed E-state index contributed by atoms with van der Waals surface area (Å²) in [6, 6.07) is 7.65. The molecule has 0 saturated heterocycles. The van der Waals surface area contributed by atoms with Crippen LogP contribution in [0.5, 0.6) is 5.75 Å². The minimum absolute atomic E-state index is 0.343. The van der Waals surface area contributed by atoms with Crippen LogP contribution in [-0.4, -0.2) is 12.1 Å². The van der Waals surface area contributed by atoms with Crippen molar-refractivity contribution in [3.05, 3.63) is 35.1 Å². The van der Waals surface area contributed by atoms with Gasteiger partial charge in [0.25, 0.3) is 0 Å². The predicted molar refractivity (Wildman–Crippen MR) is 54.1 cm³/mol. The summed E-state index contributed by atoms with van der Waals surface area (Å²) in [5.74, 6) is 0.829. The average Bonchev–Trinajstić information content (AvgIpc) is 2.65. The summed E-state index contributed by atoms with van der Waals surface area (Å²) in [5.41, 5.74) is 2.21. The van der Waals surface area contributed by atoms with E-state index in [1.165, 1.54) is 11.3 Å². The van der Waals surface area contributed by atoms with E-state index >= 15 is 0 Å². The number of hydrogen-bond acceptors (Lipinski definition) is 3. The molecular weight excluding hydrogens is 182 g/mol. The Bertz CT molecular complexity index is 424. The zero-order valence-electron chi connectivity index (χ0n) is 8.15. The second-order valence-corrected chi connectivity index (χ2v) is 3.21. The monoisotopic (exact) mass is 192 g/mol. The van der Waals surface area contributed by atoms with Crippen LogP contribution < -0.4 is 4.74 Å². The van der Waals surface area contributed by atoms with Gasteiger partial charge in [0.2, 0.25) is 0 Å². The van der Waals surface area contributed by atoms with Crippen molar-refractivity contribution in [1.82, 2.24) is 4.98 Å². The maximum Gasteiger partial charge on any atom is 0.118 e. The molecule has 0 fully saturated rings. The molecule has 2 aromatic rings. The standard InChI is InChI=1S/C10H9NOS/c1-12-9-4-2-8(3-5-9)10-6-13-7-11-10/h2-7H,1H3/i7D. The van der Waals surface area contributed by atoms with Crippen LogP contribution in [-0.2, 0) is 0 Å². The van der Waals surface area contributed by atoms with Gasteiger partial charge in [-0.1, -0.05) is 0 Å². The number of methoxy groups -OCH3 is 1. The molecule has 66 valence electrons. The largest absolute Gasteiger partial charge is 0.497 e. The molecule has 0 aliphatic carbocycles. The molecule has 0 spiro atoms. The fourth-order valence-corrected chi connectivity index (χ4v) is 1.58. The van der Waals surface area contributed by atoms with Crippen molar-refractivity contribution >= 4 is 11.3 Å². The van der Waals surface area contributed by atoms with Gasteiger partial charge < -0.3 is 4.74 Å². The van der Waals surface area contributed by atoms with Crippen LogP contribution in [0.15, 0.2) is 35.1 Å². The molecule has 0 saturated carbocycles. The highest BCUT2D eigenvalue weighted by atomic mass is 32.1. The number of nitrogens with zero attached hydrogens (tertiary/aromatic N) is 1. The molecular formula is C10H9NOS. The van der Waals surface area contributed by atoms with Crippen LogP contribution in [0.25, 0.3) is 11.3 Å². The SMILES string of the molecule is [2H]c1nc(-c2ccc(OC)cc2)cs1. The number of ether oxygens (including phenoxy) is 1. The second-order valence-electron chi connectivity index (χ2n) is 2.55. The van der Waals surface area contributed by atoms with Crippen LogP contribution in [0.2, 0.25) is 0 Å². The summed E-state index contributed by atoms with van der Waals surface area (Å²) in [6.45, 7) is 0. The third-order valence-corrected chi connectivity index (χ3v) is 2.31. The van der Waals surface area contributed by atoms with Gasteiger partial charge in [-0.25, -0.2) is 4.98 Å². The van der Waals surface area contributed by atoms with Gasteiger partial charge >= 0.3 is 0 Å². The number of rotatable bonds is 2. The minimum Gasteiger partial charge on any atom is -0.497 e. The molecule has 0 aliphatic heterocycles. The average molecular weight is 192 g/mol. The van der Waals surface area contributed by atoms with E-state index in [1.54, 1.807) is 7.11 Å². The number of thiazole rings is 1. The summed E-state index contributed by atoms with van der Waals surface area (Å²) in [5, 5.41) is 1.88. The van der Waals surface area contributed by atoms with E-state index < -0.39 is 0 Å². The van der Waals surface area contributed by atoms with E-state index in [0.29, 0.717) is 5.49 Å². The highest BCUT2D eigenvalue weighted by molar-refractivity contribution is 7.07. The van der Waals surface area contributed by atoms with Crippen molar-refractivity contribution in [3.8, 4) is 17.0 Å². The third-order valence-electron chi connectivity index (χ3n) is 1.78. The van der Waals surface area contributed by atoms with Crippen LogP contribution in [0.1, 0.15) is 1.37 Å². The zero-order chi connectivity index (χ0) is 9.97. The molecule has 3 heteroatoms. The van der Waals surface area contributed by atoms with E-state index in [0.717, 1.165) is 17.0 Å². The molecule has 0 bridgehead atoms. The van der Waals surface area contributed by atoms with E-state index in [-0.39, 0.29) is 0 Å². The van der Waals surface area contributed by atoms with Crippen molar-refractivity contribution < 1.29 is 6.11 Å². The Labute approximate surface area is 82.2 Å². The lowest BCUT2D eigenvalue weighted by atomic mass is 10.2. The molecule has 0 atom stereocenters. The molecule has 0 N–H and O–H groups in total. The van der Waals surface area contributed by atoms with E-state index in [1.807, 2.05) is 29.6 Å². The van der Waals surface area contributed by atoms with Gasteiger partial charge in [0.1, 0.15) is 5.75 Å². The van der Waals surface area contributed by atoms with Gasteiger partial charge in [-0.2, -0.15) is 0 Å². The summed E-state index contributed by atoms with van der Waals surface area (Å²) in [7, 11) is 1.64. The first-order valence-corrected chi connectivity index (χ1v) is 4.74. The normalized spacial score (nSPS) is 11.0. The van der Waals surface area contributed by atoms with Crippen molar-refractivity contribution in [2.75, 3.05) is 7.11 Å². The molecule has 0 unspecified atom stereocenters. The lowest BCUT2D eigenvalue weighted by Gasteiger charge is -1.99. The van der Waals surface area contributed by atoms with E-state index in [4.69, 9.17) is 6.11 Å². The zero-order valence-corrected chi connectivity index (χ0v) is 7.97. The van der Waals surface area contributed by atoms with Crippen LogP contribution in [0.4, 0.5) is 0 Å². The van der Waals surface area contributed by atoms with Crippen LogP contribution in [0.3, 0.4) is 0 Å². The summed E-state index contributed by atoms with van der Waals surface area (Å²) >= 11 is 1.33. The molecule has 13 heavy (non-hydrogen) atoms. The first-order chi connectivity index (χ1) is 6.79. The minimum atomic E-state index is 0.343. The summed E-state index contributed by atoms with van der Waals surface area (Å²) in [4.78, 5) is 4.08. The Morgan fingerprint density at radius 1 is 1.38 bits per heavy atom. The number of benzene rings is 1. The molecule has 2 rings (SSSR count). The number of hydrogen-bond donors (Lipinski definition) is 0. The Balaban J connectivity index is 2.33. The smallest absolute Gasteiger partial charge is 0.118 e. The molecule has 1 aromatic carbocycles. The highest BCUT2D eigenvalue weighted by Gasteiger charge is 1.98. The van der Waals surface area contributed by atoms with Gasteiger partial charge in [0.05, 0.1) is 19.7 Å². The van der Waals surface area contributed by atoms with E-state index in [2.05, 4.69) is 4.98 Å². The first-order valence-electron chi connectivity index (χ1n) is 4.36. The van der Waals surface area contributed by atoms with Crippen molar-refractivity contribution in [1.29, 1.82) is 0 Å².